The minimum Gasteiger partial charge on any atom is -0.489 e. The van der Waals surface area contributed by atoms with Crippen molar-refractivity contribution < 1.29 is 19.0 Å². The van der Waals surface area contributed by atoms with Gasteiger partial charge in [0.15, 0.2) is 0 Å². The maximum Gasteiger partial charge on any atom is 0.147 e. The Bertz CT molecular complexity index is 1520. The first-order chi connectivity index (χ1) is 19.8. The number of allylic oxidation sites excluding steroid dienone is 1. The van der Waals surface area contributed by atoms with E-state index in [1.165, 1.54) is 12.1 Å². The highest BCUT2D eigenvalue weighted by molar-refractivity contribution is 6.04. The van der Waals surface area contributed by atoms with Crippen molar-refractivity contribution in [1.82, 2.24) is 14.9 Å². The number of rotatable bonds is 9. The second-order valence-corrected chi connectivity index (χ2v) is 10.3. The van der Waals surface area contributed by atoms with Gasteiger partial charge in [-0.3, -0.25) is 0 Å². The molecular formula is C32H32FN5O3. The van der Waals surface area contributed by atoms with Crippen LogP contribution in [0.2, 0.25) is 0 Å². The van der Waals surface area contributed by atoms with E-state index in [0.717, 1.165) is 35.2 Å². The number of aliphatic hydroxyl groups is 1. The Morgan fingerprint density at radius 1 is 1.15 bits per heavy atom. The van der Waals surface area contributed by atoms with Crippen molar-refractivity contribution in [3.05, 3.63) is 95.7 Å². The largest absolute Gasteiger partial charge is 0.489 e. The fourth-order valence-corrected chi connectivity index (χ4v) is 5.09. The van der Waals surface area contributed by atoms with E-state index in [0.29, 0.717) is 34.8 Å². The topological polar surface area (TPSA) is 106 Å². The van der Waals surface area contributed by atoms with E-state index in [4.69, 9.17) is 21.6 Å². The van der Waals surface area contributed by atoms with Gasteiger partial charge in [0.05, 0.1) is 11.7 Å². The van der Waals surface area contributed by atoms with Crippen LogP contribution in [0.15, 0.2) is 77.9 Å². The van der Waals surface area contributed by atoms with Crippen molar-refractivity contribution in [1.29, 1.82) is 0 Å². The number of hydrogen-bond acceptors (Lipinski definition) is 8. The number of amidine groups is 1. The van der Waals surface area contributed by atoms with Gasteiger partial charge in [-0.2, -0.15) is 0 Å². The number of aliphatic hydroxyl groups excluding tert-OH is 1. The van der Waals surface area contributed by atoms with Gasteiger partial charge < -0.3 is 25.2 Å². The normalized spacial score (nSPS) is 20.0. The zero-order valence-electron chi connectivity index (χ0n) is 23.0. The van der Waals surface area contributed by atoms with Crippen molar-refractivity contribution in [3.63, 3.8) is 0 Å². The van der Waals surface area contributed by atoms with Crippen LogP contribution < -0.4 is 15.2 Å². The predicted octanol–water partition coefficient (Wildman–Crippen LogP) is 5.19. The van der Waals surface area contributed by atoms with Crippen molar-refractivity contribution in [2.45, 2.75) is 39.3 Å². The van der Waals surface area contributed by atoms with Gasteiger partial charge in [-0.25, -0.2) is 19.4 Å². The number of aliphatic imine (C=N–C) groups is 1. The molecule has 9 heteroatoms. The van der Waals surface area contributed by atoms with Gasteiger partial charge in [0.1, 0.15) is 41.3 Å². The maximum atomic E-state index is 14.3. The molecule has 1 aromatic heterocycles. The van der Waals surface area contributed by atoms with Gasteiger partial charge in [0.2, 0.25) is 0 Å². The summed E-state index contributed by atoms with van der Waals surface area (Å²) >= 11 is 0. The van der Waals surface area contributed by atoms with Crippen LogP contribution in [0.4, 0.5) is 4.39 Å². The molecule has 1 fully saturated rings. The van der Waals surface area contributed by atoms with Gasteiger partial charge in [-0.1, -0.05) is 18.1 Å². The lowest BCUT2D eigenvalue weighted by molar-refractivity contribution is 0.0775. The number of terminal acetylenes is 1. The van der Waals surface area contributed by atoms with Gasteiger partial charge in [-0.05, 0) is 61.8 Å². The zero-order chi connectivity index (χ0) is 28.9. The second-order valence-electron chi connectivity index (χ2n) is 10.3. The number of ether oxygens (including phenoxy) is 2. The standard InChI is InChI=1S/C32H32FN5O3/c1-4-30(25-11-22(12-25)18-39)38-10-9-35-32(34)31(38)20(2)24-5-7-27(8-6-24)41-29-14-26(33)13-28(15-29)40-19-23-16-36-21(3)37-17-23/h1,5-10,13-17,22,25,30,39H,11-12,18-19H2,2-3H3,(H2,34,35)/b31-20+. The van der Waals surface area contributed by atoms with Crippen molar-refractivity contribution in [2.24, 2.45) is 22.6 Å². The molecule has 3 N–H and O–H groups in total. The number of nitrogens with zero attached hydrogens (tertiary/aromatic N) is 4. The third-order valence-corrected chi connectivity index (χ3v) is 7.35. The lowest BCUT2D eigenvalue weighted by Crippen LogP contribution is -2.46. The number of aryl methyl sites for hydroxylation is 1. The van der Waals surface area contributed by atoms with E-state index in [-0.39, 0.29) is 25.2 Å². The first-order valence-electron chi connectivity index (χ1n) is 13.4. The number of benzene rings is 2. The third kappa shape index (κ3) is 6.39. The molecule has 8 nitrogen and oxygen atoms in total. The van der Waals surface area contributed by atoms with Crippen LogP contribution in [0, 0.1) is 36.9 Å². The first kappa shape index (κ1) is 27.9. The fraction of sp³-hybridized carbons (Fsp3) is 0.281. The van der Waals surface area contributed by atoms with E-state index in [9.17, 15) is 9.50 Å². The SMILES string of the molecule is C#CC(C1CC(CO)C1)N1C=CN=C(N)/C1=C(/C)c1ccc(Oc2cc(F)cc(OCc3cnc(C)nc3)c2)cc1. The molecule has 2 aliphatic rings. The molecule has 1 aliphatic carbocycles. The smallest absolute Gasteiger partial charge is 0.147 e. The molecule has 0 amide bonds. The van der Waals surface area contributed by atoms with Crippen LogP contribution in [0.3, 0.4) is 0 Å². The molecule has 0 saturated heterocycles. The minimum absolute atomic E-state index is 0.177. The first-order valence-corrected chi connectivity index (χ1v) is 13.4. The Labute approximate surface area is 239 Å². The number of halogens is 1. The zero-order valence-corrected chi connectivity index (χ0v) is 23.0. The number of aromatic nitrogens is 2. The molecule has 2 aromatic carbocycles. The van der Waals surface area contributed by atoms with Crippen LogP contribution in [0.1, 0.15) is 36.7 Å². The highest BCUT2D eigenvalue weighted by atomic mass is 19.1. The van der Waals surface area contributed by atoms with Crippen LogP contribution in [-0.4, -0.2) is 38.5 Å². The lowest BCUT2D eigenvalue weighted by Gasteiger charge is -2.43. The van der Waals surface area contributed by atoms with Crippen LogP contribution >= 0.6 is 0 Å². The second kappa shape index (κ2) is 12.2. The molecule has 1 saturated carbocycles. The minimum atomic E-state index is -0.477. The van der Waals surface area contributed by atoms with E-state index >= 15 is 0 Å². The summed E-state index contributed by atoms with van der Waals surface area (Å²) in [7, 11) is 0. The highest BCUT2D eigenvalue weighted by Gasteiger charge is 2.38. The van der Waals surface area contributed by atoms with Crippen LogP contribution in [0.25, 0.3) is 5.57 Å². The monoisotopic (exact) mass is 553 g/mol. The van der Waals surface area contributed by atoms with Gasteiger partial charge in [-0.15, -0.1) is 6.42 Å². The molecule has 1 atom stereocenters. The predicted molar refractivity (Wildman–Crippen MR) is 155 cm³/mol. The molecule has 3 aromatic rings. The van der Waals surface area contributed by atoms with Crippen molar-refractivity contribution in [3.8, 4) is 29.6 Å². The molecule has 1 unspecified atom stereocenters. The van der Waals surface area contributed by atoms with E-state index < -0.39 is 5.82 Å². The fourth-order valence-electron chi connectivity index (χ4n) is 5.09. The summed E-state index contributed by atoms with van der Waals surface area (Å²) in [6.07, 6.45) is 14.6. The van der Waals surface area contributed by atoms with E-state index in [1.807, 2.05) is 30.2 Å². The van der Waals surface area contributed by atoms with Gasteiger partial charge >= 0.3 is 0 Å². The van der Waals surface area contributed by atoms with E-state index in [1.54, 1.807) is 43.7 Å². The average molecular weight is 554 g/mol. The summed E-state index contributed by atoms with van der Waals surface area (Å²) in [4.78, 5) is 14.6. The summed E-state index contributed by atoms with van der Waals surface area (Å²) in [5.74, 6) is 5.22. The Morgan fingerprint density at radius 2 is 1.85 bits per heavy atom. The molecule has 0 radical (unpaired) electrons. The summed E-state index contributed by atoms with van der Waals surface area (Å²) in [6.45, 7) is 4.15. The summed E-state index contributed by atoms with van der Waals surface area (Å²) in [5.41, 5.74) is 9.69. The van der Waals surface area contributed by atoms with Crippen molar-refractivity contribution >= 4 is 11.4 Å². The molecule has 1 aliphatic heterocycles. The third-order valence-electron chi connectivity index (χ3n) is 7.35. The molecule has 2 heterocycles. The molecule has 41 heavy (non-hydrogen) atoms. The number of nitrogens with two attached hydrogens (primary N) is 1. The van der Waals surface area contributed by atoms with Gasteiger partial charge in [0, 0.05) is 55.2 Å². The van der Waals surface area contributed by atoms with Crippen molar-refractivity contribution in [2.75, 3.05) is 6.61 Å². The Hall–Kier alpha value is -4.68. The quantitative estimate of drug-likeness (QED) is 0.351. The maximum absolute atomic E-state index is 14.3. The lowest BCUT2D eigenvalue weighted by atomic mass is 9.71. The Kier molecular flexibility index (Phi) is 8.31. The number of hydrogen-bond donors (Lipinski definition) is 2. The summed E-state index contributed by atoms with van der Waals surface area (Å²) in [5, 5.41) is 9.45. The average Bonchev–Trinajstić information content (AvgIpc) is 2.94. The molecule has 0 bridgehead atoms. The Morgan fingerprint density at radius 3 is 2.54 bits per heavy atom. The Balaban J connectivity index is 1.31. The van der Waals surface area contributed by atoms with Gasteiger partial charge in [0.25, 0.3) is 0 Å². The van der Waals surface area contributed by atoms with Crippen LogP contribution in [-0.2, 0) is 6.61 Å². The molecule has 210 valence electrons. The molecular weight excluding hydrogens is 521 g/mol. The van der Waals surface area contributed by atoms with E-state index in [2.05, 4.69) is 20.9 Å². The summed E-state index contributed by atoms with van der Waals surface area (Å²) < 4.78 is 26.0. The molecule has 5 rings (SSSR count). The highest BCUT2D eigenvalue weighted by Crippen LogP contribution is 2.40. The molecule has 0 spiro atoms. The van der Waals surface area contributed by atoms with Crippen LogP contribution in [0.5, 0.6) is 17.2 Å². The summed E-state index contributed by atoms with van der Waals surface area (Å²) in [6, 6.07) is 11.5.